The number of ether oxygens (including phenoxy) is 2. The molecule has 0 atom stereocenters. The standard InChI is InChI=1S/C14H18N4O3/c1-18-13(11(15)8-17-18)14(19)16-7-9-4-5-10(20-2)6-12(9)21-3/h4-6,8H,7,15H2,1-3H3,(H,16,19). The smallest absolute Gasteiger partial charge is 0.271 e. The molecule has 0 spiro atoms. The number of carbonyl (C=O) groups excluding carboxylic acids is 1. The van der Waals surface area contributed by atoms with Gasteiger partial charge in [0.05, 0.1) is 26.1 Å². The van der Waals surface area contributed by atoms with Crippen molar-refractivity contribution in [2.45, 2.75) is 6.54 Å². The maximum atomic E-state index is 12.1. The summed E-state index contributed by atoms with van der Waals surface area (Å²) < 4.78 is 11.9. The Hall–Kier alpha value is -2.70. The number of hydrogen-bond donors (Lipinski definition) is 2. The lowest BCUT2D eigenvalue weighted by molar-refractivity contribution is 0.0942. The minimum absolute atomic E-state index is 0.287. The van der Waals surface area contributed by atoms with E-state index in [1.54, 1.807) is 27.3 Å². The molecule has 0 saturated heterocycles. The first kappa shape index (κ1) is 14.7. The van der Waals surface area contributed by atoms with E-state index in [1.165, 1.54) is 10.9 Å². The molecule has 21 heavy (non-hydrogen) atoms. The van der Waals surface area contributed by atoms with Gasteiger partial charge in [-0.25, -0.2) is 0 Å². The number of nitrogen functional groups attached to an aromatic ring is 1. The second-order valence-corrected chi connectivity index (χ2v) is 4.43. The molecule has 2 rings (SSSR count). The Morgan fingerprint density at radius 3 is 2.71 bits per heavy atom. The van der Waals surface area contributed by atoms with E-state index in [1.807, 2.05) is 12.1 Å². The van der Waals surface area contributed by atoms with Crippen LogP contribution in [0, 0.1) is 0 Å². The van der Waals surface area contributed by atoms with E-state index in [4.69, 9.17) is 15.2 Å². The van der Waals surface area contributed by atoms with Crippen molar-refractivity contribution >= 4 is 11.6 Å². The minimum atomic E-state index is -0.287. The Bertz CT molecular complexity index is 632. The van der Waals surface area contributed by atoms with Gasteiger partial charge in [-0.1, -0.05) is 0 Å². The molecule has 0 aliphatic rings. The van der Waals surface area contributed by atoms with Crippen molar-refractivity contribution in [1.29, 1.82) is 0 Å². The quantitative estimate of drug-likeness (QED) is 0.855. The molecule has 0 radical (unpaired) electrons. The van der Waals surface area contributed by atoms with Crippen LogP contribution in [0.5, 0.6) is 11.5 Å². The lowest BCUT2D eigenvalue weighted by Gasteiger charge is -2.11. The van der Waals surface area contributed by atoms with Gasteiger partial charge in [0.15, 0.2) is 0 Å². The molecule has 0 bridgehead atoms. The first-order valence-corrected chi connectivity index (χ1v) is 6.33. The Morgan fingerprint density at radius 1 is 1.38 bits per heavy atom. The molecule has 1 aromatic heterocycles. The van der Waals surface area contributed by atoms with Crippen LogP contribution in [0.2, 0.25) is 0 Å². The van der Waals surface area contributed by atoms with E-state index in [2.05, 4.69) is 10.4 Å². The van der Waals surface area contributed by atoms with Crippen molar-refractivity contribution in [2.24, 2.45) is 7.05 Å². The third-order valence-corrected chi connectivity index (χ3v) is 3.12. The van der Waals surface area contributed by atoms with Crippen LogP contribution in [0.4, 0.5) is 5.69 Å². The van der Waals surface area contributed by atoms with Crippen LogP contribution in [0.15, 0.2) is 24.4 Å². The van der Waals surface area contributed by atoms with Gasteiger partial charge in [0.2, 0.25) is 0 Å². The molecule has 3 N–H and O–H groups in total. The SMILES string of the molecule is COc1ccc(CNC(=O)c2c(N)cnn2C)c(OC)c1. The van der Waals surface area contributed by atoms with E-state index in [0.717, 1.165) is 5.56 Å². The number of nitrogens with one attached hydrogen (secondary N) is 1. The van der Waals surface area contributed by atoms with E-state index in [-0.39, 0.29) is 5.91 Å². The lowest BCUT2D eigenvalue weighted by Crippen LogP contribution is -2.26. The number of carbonyl (C=O) groups is 1. The predicted molar refractivity (Wildman–Crippen MR) is 78.3 cm³/mol. The maximum absolute atomic E-state index is 12.1. The molecular weight excluding hydrogens is 272 g/mol. The van der Waals surface area contributed by atoms with Gasteiger partial charge in [-0.15, -0.1) is 0 Å². The lowest BCUT2D eigenvalue weighted by atomic mass is 10.2. The number of aromatic nitrogens is 2. The highest BCUT2D eigenvalue weighted by molar-refractivity contribution is 5.97. The highest BCUT2D eigenvalue weighted by atomic mass is 16.5. The summed E-state index contributed by atoms with van der Waals surface area (Å²) in [6, 6.07) is 5.41. The van der Waals surface area contributed by atoms with E-state index in [9.17, 15) is 4.79 Å². The summed E-state index contributed by atoms with van der Waals surface area (Å²) >= 11 is 0. The molecule has 0 fully saturated rings. The number of methoxy groups -OCH3 is 2. The second kappa shape index (κ2) is 6.17. The molecule has 0 aliphatic heterocycles. The van der Waals surface area contributed by atoms with Crippen LogP contribution in [0.25, 0.3) is 0 Å². The fraction of sp³-hybridized carbons (Fsp3) is 0.286. The Balaban J connectivity index is 2.11. The van der Waals surface area contributed by atoms with E-state index >= 15 is 0 Å². The zero-order valence-corrected chi connectivity index (χ0v) is 12.2. The van der Waals surface area contributed by atoms with E-state index < -0.39 is 0 Å². The molecule has 7 heteroatoms. The van der Waals surface area contributed by atoms with Crippen molar-refractivity contribution < 1.29 is 14.3 Å². The number of rotatable bonds is 5. The number of aryl methyl sites for hydroxylation is 1. The molecule has 1 aromatic carbocycles. The summed E-state index contributed by atoms with van der Waals surface area (Å²) in [5, 5.41) is 6.73. The van der Waals surface area contributed by atoms with Crippen molar-refractivity contribution in [3.63, 3.8) is 0 Å². The van der Waals surface area contributed by atoms with Crippen LogP contribution < -0.4 is 20.5 Å². The number of hydrogen-bond acceptors (Lipinski definition) is 5. The van der Waals surface area contributed by atoms with Gasteiger partial charge in [0.25, 0.3) is 5.91 Å². The minimum Gasteiger partial charge on any atom is -0.497 e. The zero-order valence-electron chi connectivity index (χ0n) is 12.2. The van der Waals surface area contributed by atoms with Crippen molar-refractivity contribution in [1.82, 2.24) is 15.1 Å². The van der Waals surface area contributed by atoms with Gasteiger partial charge in [0.1, 0.15) is 17.2 Å². The highest BCUT2D eigenvalue weighted by Gasteiger charge is 2.15. The van der Waals surface area contributed by atoms with Crippen LogP contribution in [-0.2, 0) is 13.6 Å². The van der Waals surface area contributed by atoms with Gasteiger partial charge in [0, 0.05) is 25.2 Å². The first-order chi connectivity index (χ1) is 10.1. The third kappa shape index (κ3) is 3.07. The zero-order chi connectivity index (χ0) is 15.4. The van der Waals surface area contributed by atoms with Gasteiger partial charge in [-0.05, 0) is 12.1 Å². The summed E-state index contributed by atoms with van der Waals surface area (Å²) in [5.74, 6) is 1.05. The predicted octanol–water partition coefficient (Wildman–Crippen LogP) is 0.949. The van der Waals surface area contributed by atoms with Gasteiger partial charge in [-0.3, -0.25) is 9.48 Å². The Labute approximate surface area is 122 Å². The number of nitrogens with two attached hydrogens (primary N) is 1. The molecule has 2 aromatic rings. The van der Waals surface area contributed by atoms with Gasteiger partial charge in [-0.2, -0.15) is 5.10 Å². The average molecular weight is 290 g/mol. The fourth-order valence-corrected chi connectivity index (χ4v) is 1.99. The van der Waals surface area contributed by atoms with Crippen LogP contribution in [0.3, 0.4) is 0 Å². The van der Waals surface area contributed by atoms with Crippen LogP contribution in [-0.4, -0.2) is 29.9 Å². The van der Waals surface area contributed by atoms with Crippen LogP contribution >= 0.6 is 0 Å². The summed E-state index contributed by atoms with van der Waals surface area (Å²) in [7, 11) is 4.82. The number of anilines is 1. The third-order valence-electron chi connectivity index (χ3n) is 3.12. The number of benzene rings is 1. The summed E-state index contributed by atoms with van der Waals surface area (Å²) in [5.41, 5.74) is 7.24. The normalized spacial score (nSPS) is 10.2. The van der Waals surface area contributed by atoms with E-state index in [0.29, 0.717) is 29.4 Å². The molecule has 0 unspecified atom stereocenters. The topological polar surface area (TPSA) is 91.4 Å². The van der Waals surface area contributed by atoms with Gasteiger partial charge >= 0.3 is 0 Å². The number of amides is 1. The van der Waals surface area contributed by atoms with Crippen molar-refractivity contribution in [2.75, 3.05) is 20.0 Å². The summed E-state index contributed by atoms with van der Waals surface area (Å²) in [6.07, 6.45) is 1.45. The largest absolute Gasteiger partial charge is 0.497 e. The molecule has 0 aliphatic carbocycles. The second-order valence-electron chi connectivity index (χ2n) is 4.43. The Kier molecular flexibility index (Phi) is 4.32. The first-order valence-electron chi connectivity index (χ1n) is 6.33. The summed E-state index contributed by atoms with van der Waals surface area (Å²) in [6.45, 7) is 0.316. The van der Waals surface area contributed by atoms with Crippen molar-refractivity contribution in [3.05, 3.63) is 35.7 Å². The summed E-state index contributed by atoms with van der Waals surface area (Å²) in [4.78, 5) is 12.1. The van der Waals surface area contributed by atoms with Crippen LogP contribution in [0.1, 0.15) is 16.1 Å². The highest BCUT2D eigenvalue weighted by Crippen LogP contribution is 2.24. The molecule has 7 nitrogen and oxygen atoms in total. The Morgan fingerprint density at radius 2 is 2.14 bits per heavy atom. The molecule has 1 heterocycles. The molecular formula is C14H18N4O3. The maximum Gasteiger partial charge on any atom is 0.271 e. The van der Waals surface area contributed by atoms with Gasteiger partial charge < -0.3 is 20.5 Å². The van der Waals surface area contributed by atoms with Crippen molar-refractivity contribution in [3.8, 4) is 11.5 Å². The fourth-order valence-electron chi connectivity index (χ4n) is 1.99. The molecule has 112 valence electrons. The molecule has 0 saturated carbocycles. The molecule has 1 amide bonds. The average Bonchev–Trinajstić information content (AvgIpc) is 2.83. The number of nitrogens with zero attached hydrogens (tertiary/aromatic N) is 2. The monoisotopic (exact) mass is 290 g/mol.